The lowest BCUT2D eigenvalue weighted by Gasteiger charge is -2.26. The Morgan fingerprint density at radius 3 is 2.62 bits per heavy atom. The second-order valence-electron chi connectivity index (χ2n) is 7.18. The Labute approximate surface area is 169 Å². The summed E-state index contributed by atoms with van der Waals surface area (Å²) in [6.45, 7) is 5.34. The molecule has 0 fully saturated rings. The summed E-state index contributed by atoms with van der Waals surface area (Å²) in [5, 5.41) is 0.603. The van der Waals surface area contributed by atoms with Crippen LogP contribution in [0.5, 0.6) is 0 Å². The van der Waals surface area contributed by atoms with E-state index < -0.39 is 0 Å². The first-order chi connectivity index (χ1) is 14.1. The van der Waals surface area contributed by atoms with E-state index in [0.717, 1.165) is 17.7 Å². The fourth-order valence-electron chi connectivity index (χ4n) is 3.32. The Kier molecular flexibility index (Phi) is 5.53. The average Bonchev–Trinajstić information content (AvgIpc) is 3.22. The molecule has 0 radical (unpaired) electrons. The van der Waals surface area contributed by atoms with E-state index in [1.807, 2.05) is 48.5 Å². The number of aromatic amines is 1. The quantitative estimate of drug-likeness (QED) is 0.508. The highest BCUT2D eigenvalue weighted by Gasteiger charge is 2.18. The summed E-state index contributed by atoms with van der Waals surface area (Å²) in [6, 6.07) is 17.6. The largest absolute Gasteiger partial charge is 0.439 e. The molecule has 2 aromatic carbocycles. The SMILES string of the molecule is CCC(C)N(Cc1nc2ccccc2c(=O)[nH]1)Cc1ncc(-c2ccccc2)o1. The van der Waals surface area contributed by atoms with Crippen LogP contribution in [-0.2, 0) is 13.1 Å². The topological polar surface area (TPSA) is 75.0 Å². The van der Waals surface area contributed by atoms with E-state index in [-0.39, 0.29) is 11.6 Å². The van der Waals surface area contributed by atoms with Crippen molar-refractivity contribution in [1.29, 1.82) is 0 Å². The highest BCUT2D eigenvalue weighted by atomic mass is 16.4. The van der Waals surface area contributed by atoms with Gasteiger partial charge in [0, 0.05) is 11.6 Å². The lowest BCUT2D eigenvalue weighted by Crippen LogP contribution is -2.33. The van der Waals surface area contributed by atoms with Crippen LogP contribution in [0.4, 0.5) is 0 Å². The number of hydrogen-bond acceptors (Lipinski definition) is 5. The van der Waals surface area contributed by atoms with Gasteiger partial charge in [0.15, 0.2) is 5.76 Å². The van der Waals surface area contributed by atoms with Crippen molar-refractivity contribution in [3.63, 3.8) is 0 Å². The summed E-state index contributed by atoms with van der Waals surface area (Å²) in [6.07, 6.45) is 2.72. The lowest BCUT2D eigenvalue weighted by atomic mass is 10.2. The molecule has 4 aromatic rings. The fourth-order valence-corrected chi connectivity index (χ4v) is 3.32. The van der Waals surface area contributed by atoms with Crippen LogP contribution in [0.3, 0.4) is 0 Å². The third kappa shape index (κ3) is 4.27. The minimum Gasteiger partial charge on any atom is -0.439 e. The summed E-state index contributed by atoms with van der Waals surface area (Å²) in [5.41, 5.74) is 1.59. The molecular formula is C23H24N4O2. The summed E-state index contributed by atoms with van der Waals surface area (Å²) < 4.78 is 5.98. The molecule has 4 rings (SSSR count). The Balaban J connectivity index is 1.58. The second kappa shape index (κ2) is 8.41. The zero-order chi connectivity index (χ0) is 20.2. The normalized spacial score (nSPS) is 12.5. The van der Waals surface area contributed by atoms with Gasteiger partial charge in [0.1, 0.15) is 5.82 Å². The molecule has 1 atom stereocenters. The molecule has 2 heterocycles. The van der Waals surface area contributed by atoms with E-state index in [1.165, 1.54) is 0 Å². The molecular weight excluding hydrogens is 364 g/mol. The number of aromatic nitrogens is 3. The predicted molar refractivity (Wildman–Crippen MR) is 113 cm³/mol. The Hall–Kier alpha value is -3.25. The minimum atomic E-state index is -0.114. The molecule has 2 aromatic heterocycles. The Morgan fingerprint density at radius 1 is 1.07 bits per heavy atom. The molecule has 0 saturated heterocycles. The summed E-state index contributed by atoms with van der Waals surface area (Å²) in [5.74, 6) is 2.04. The van der Waals surface area contributed by atoms with Gasteiger partial charge in [-0.2, -0.15) is 0 Å². The molecule has 0 saturated carbocycles. The molecule has 0 aliphatic carbocycles. The zero-order valence-electron chi connectivity index (χ0n) is 16.6. The van der Waals surface area contributed by atoms with Gasteiger partial charge in [0.25, 0.3) is 5.56 Å². The summed E-state index contributed by atoms with van der Waals surface area (Å²) in [4.78, 5) is 26.6. The maximum Gasteiger partial charge on any atom is 0.258 e. The number of rotatable bonds is 7. The third-order valence-corrected chi connectivity index (χ3v) is 5.18. The van der Waals surface area contributed by atoms with Crippen molar-refractivity contribution in [3.05, 3.63) is 82.9 Å². The van der Waals surface area contributed by atoms with Gasteiger partial charge >= 0.3 is 0 Å². The molecule has 0 aliphatic rings. The molecule has 1 N–H and O–H groups in total. The summed E-state index contributed by atoms with van der Waals surface area (Å²) >= 11 is 0. The van der Waals surface area contributed by atoms with E-state index in [4.69, 9.17) is 4.42 Å². The van der Waals surface area contributed by atoms with Crippen LogP contribution < -0.4 is 5.56 Å². The van der Waals surface area contributed by atoms with E-state index in [9.17, 15) is 4.79 Å². The predicted octanol–water partition coefficient (Wildman–Crippen LogP) is 4.38. The monoisotopic (exact) mass is 388 g/mol. The van der Waals surface area contributed by atoms with E-state index in [2.05, 4.69) is 33.7 Å². The van der Waals surface area contributed by atoms with Crippen LogP contribution in [-0.4, -0.2) is 25.9 Å². The maximum atomic E-state index is 12.4. The van der Waals surface area contributed by atoms with Gasteiger partial charge in [-0.1, -0.05) is 49.4 Å². The Morgan fingerprint density at radius 2 is 1.83 bits per heavy atom. The van der Waals surface area contributed by atoms with Crippen molar-refractivity contribution in [1.82, 2.24) is 19.9 Å². The van der Waals surface area contributed by atoms with Crippen molar-refractivity contribution in [2.24, 2.45) is 0 Å². The van der Waals surface area contributed by atoms with Crippen molar-refractivity contribution < 1.29 is 4.42 Å². The average molecular weight is 388 g/mol. The molecule has 0 aliphatic heterocycles. The van der Waals surface area contributed by atoms with Gasteiger partial charge < -0.3 is 9.40 Å². The molecule has 6 heteroatoms. The van der Waals surface area contributed by atoms with Crippen LogP contribution in [0.2, 0.25) is 0 Å². The van der Waals surface area contributed by atoms with E-state index in [1.54, 1.807) is 12.3 Å². The number of nitrogens with one attached hydrogen (secondary N) is 1. The fraction of sp³-hybridized carbons (Fsp3) is 0.261. The van der Waals surface area contributed by atoms with Crippen molar-refractivity contribution >= 4 is 10.9 Å². The van der Waals surface area contributed by atoms with Crippen LogP contribution in [0.25, 0.3) is 22.2 Å². The molecule has 29 heavy (non-hydrogen) atoms. The molecule has 0 bridgehead atoms. The van der Waals surface area contributed by atoms with Gasteiger partial charge in [-0.25, -0.2) is 9.97 Å². The third-order valence-electron chi connectivity index (χ3n) is 5.18. The van der Waals surface area contributed by atoms with Crippen molar-refractivity contribution in [3.8, 4) is 11.3 Å². The first-order valence-electron chi connectivity index (χ1n) is 9.86. The van der Waals surface area contributed by atoms with Gasteiger partial charge in [0.05, 0.1) is 30.2 Å². The number of nitrogens with zero attached hydrogens (tertiary/aromatic N) is 3. The second-order valence-corrected chi connectivity index (χ2v) is 7.18. The molecule has 1 unspecified atom stereocenters. The molecule has 6 nitrogen and oxygen atoms in total. The highest BCUT2D eigenvalue weighted by Crippen LogP contribution is 2.21. The number of para-hydroxylation sites is 1. The van der Waals surface area contributed by atoms with Crippen molar-refractivity contribution in [2.75, 3.05) is 0 Å². The molecule has 0 spiro atoms. The maximum absolute atomic E-state index is 12.4. The van der Waals surface area contributed by atoms with Gasteiger partial charge in [0.2, 0.25) is 5.89 Å². The number of hydrogen-bond donors (Lipinski definition) is 1. The van der Waals surface area contributed by atoms with Crippen LogP contribution in [0, 0.1) is 0 Å². The van der Waals surface area contributed by atoms with Crippen LogP contribution in [0.15, 0.2) is 70.0 Å². The van der Waals surface area contributed by atoms with E-state index in [0.29, 0.717) is 35.7 Å². The van der Waals surface area contributed by atoms with Gasteiger partial charge in [-0.15, -0.1) is 0 Å². The lowest BCUT2D eigenvalue weighted by molar-refractivity contribution is 0.165. The number of benzene rings is 2. The number of H-pyrrole nitrogens is 1. The first-order valence-corrected chi connectivity index (χ1v) is 9.86. The van der Waals surface area contributed by atoms with Gasteiger partial charge in [-0.3, -0.25) is 9.69 Å². The van der Waals surface area contributed by atoms with E-state index >= 15 is 0 Å². The smallest absolute Gasteiger partial charge is 0.258 e. The van der Waals surface area contributed by atoms with Crippen LogP contribution in [0.1, 0.15) is 32.0 Å². The van der Waals surface area contributed by atoms with Gasteiger partial charge in [-0.05, 0) is 25.5 Å². The van der Waals surface area contributed by atoms with Crippen molar-refractivity contribution in [2.45, 2.75) is 39.4 Å². The number of oxazole rings is 1. The minimum absolute atomic E-state index is 0.114. The standard InChI is InChI=1S/C23H24N4O2/c1-3-16(2)27(14-21-25-19-12-8-7-11-18(19)23(28)26-21)15-22-24-13-20(29-22)17-9-5-4-6-10-17/h4-13,16H,3,14-15H2,1-2H3,(H,25,26,28). The number of fused-ring (bicyclic) bond motifs is 1. The molecule has 0 amide bonds. The molecule has 148 valence electrons. The van der Waals surface area contributed by atoms with Crippen LogP contribution >= 0.6 is 0 Å². The zero-order valence-corrected chi connectivity index (χ0v) is 16.6. The highest BCUT2D eigenvalue weighted by molar-refractivity contribution is 5.77. The first kappa shape index (κ1) is 19.1. The Bertz CT molecular complexity index is 1150. The summed E-state index contributed by atoms with van der Waals surface area (Å²) in [7, 11) is 0.